The van der Waals surface area contributed by atoms with Gasteiger partial charge >= 0.3 is 0 Å². The van der Waals surface area contributed by atoms with E-state index in [0.717, 1.165) is 11.3 Å². The van der Waals surface area contributed by atoms with Crippen LogP contribution in [0.5, 0.6) is 0 Å². The van der Waals surface area contributed by atoms with Gasteiger partial charge in [-0.1, -0.05) is 0 Å². The van der Waals surface area contributed by atoms with Gasteiger partial charge in [0.05, 0.1) is 13.2 Å². The van der Waals surface area contributed by atoms with Gasteiger partial charge in [-0.3, -0.25) is 4.98 Å². The summed E-state index contributed by atoms with van der Waals surface area (Å²) in [7, 11) is 1.88. The maximum atomic E-state index is 9.09. The summed E-state index contributed by atoms with van der Waals surface area (Å²) in [6, 6.07) is 1.86. The molecule has 0 aliphatic heterocycles. The second kappa shape index (κ2) is 4.93. The Balaban J connectivity index is 2.93. The van der Waals surface area contributed by atoms with Gasteiger partial charge in [0.1, 0.15) is 0 Å². The monoisotopic (exact) mass is 196 g/mol. The van der Waals surface area contributed by atoms with Crippen LogP contribution in [0.3, 0.4) is 0 Å². The molecule has 1 aromatic rings. The Kier molecular flexibility index (Phi) is 3.85. The fraction of sp³-hybridized carbons (Fsp3) is 0.500. The first kappa shape index (κ1) is 10.9. The lowest BCUT2D eigenvalue weighted by atomic mass is 10.2. The molecule has 4 nitrogen and oxygen atoms in total. The van der Waals surface area contributed by atoms with Crippen LogP contribution >= 0.6 is 0 Å². The lowest BCUT2D eigenvalue weighted by Crippen LogP contribution is -2.32. The van der Waals surface area contributed by atoms with E-state index in [2.05, 4.69) is 4.98 Å². The van der Waals surface area contributed by atoms with Crippen LogP contribution in [0.4, 0.5) is 5.69 Å². The van der Waals surface area contributed by atoms with Crippen LogP contribution in [0.15, 0.2) is 18.5 Å². The molecule has 0 fully saturated rings. The third-order valence-corrected chi connectivity index (χ3v) is 2.35. The predicted octanol–water partition coefficient (Wildman–Crippen LogP) is 0.391. The van der Waals surface area contributed by atoms with Gasteiger partial charge in [0.25, 0.3) is 0 Å². The molecule has 1 unspecified atom stereocenters. The molecule has 0 aromatic carbocycles. The minimum Gasteiger partial charge on any atom is -0.394 e. The first-order valence-corrected chi connectivity index (χ1v) is 4.58. The zero-order chi connectivity index (χ0) is 10.6. The lowest BCUT2D eigenvalue weighted by Gasteiger charge is -2.26. The molecule has 0 bridgehead atoms. The predicted molar refractivity (Wildman–Crippen MR) is 55.1 cm³/mol. The van der Waals surface area contributed by atoms with Crippen LogP contribution < -0.4 is 4.90 Å². The summed E-state index contributed by atoms with van der Waals surface area (Å²) in [4.78, 5) is 5.86. The zero-order valence-corrected chi connectivity index (χ0v) is 8.51. The van der Waals surface area contributed by atoms with E-state index in [1.165, 1.54) is 0 Å². The van der Waals surface area contributed by atoms with Crippen LogP contribution in [-0.4, -0.2) is 34.9 Å². The molecule has 2 N–H and O–H groups in total. The molecular weight excluding hydrogens is 180 g/mol. The molecule has 14 heavy (non-hydrogen) atoms. The summed E-state index contributed by atoms with van der Waals surface area (Å²) in [5.41, 5.74) is 1.68. The molecule has 1 rings (SSSR count). The molecule has 78 valence electrons. The minimum atomic E-state index is -0.0360. The van der Waals surface area contributed by atoms with E-state index in [9.17, 15) is 0 Å². The number of hydrogen-bond acceptors (Lipinski definition) is 4. The van der Waals surface area contributed by atoms with Gasteiger partial charge in [-0.05, 0) is 13.0 Å². The number of likely N-dealkylation sites (N-methyl/N-ethyl adjacent to an activating group) is 1. The molecule has 0 aliphatic carbocycles. The Hall–Kier alpha value is -1.13. The fourth-order valence-corrected chi connectivity index (χ4v) is 1.25. The van der Waals surface area contributed by atoms with Crippen molar-refractivity contribution in [2.24, 2.45) is 0 Å². The van der Waals surface area contributed by atoms with Crippen molar-refractivity contribution in [3.05, 3.63) is 24.0 Å². The highest BCUT2D eigenvalue weighted by molar-refractivity contribution is 5.51. The average Bonchev–Trinajstić information content (AvgIpc) is 2.26. The SMILES string of the molecule is CC(CO)N(C)c1ccncc1CO. The molecule has 1 atom stereocenters. The van der Waals surface area contributed by atoms with Crippen molar-refractivity contribution >= 4 is 5.69 Å². The van der Waals surface area contributed by atoms with Crippen LogP contribution in [0, 0.1) is 0 Å². The van der Waals surface area contributed by atoms with Crippen molar-refractivity contribution < 1.29 is 10.2 Å². The smallest absolute Gasteiger partial charge is 0.0717 e. The maximum absolute atomic E-state index is 9.09. The summed E-state index contributed by atoms with van der Waals surface area (Å²) in [5.74, 6) is 0. The number of nitrogens with zero attached hydrogens (tertiary/aromatic N) is 2. The highest BCUT2D eigenvalue weighted by atomic mass is 16.3. The quantitative estimate of drug-likeness (QED) is 0.731. The van der Waals surface area contributed by atoms with E-state index >= 15 is 0 Å². The van der Waals surface area contributed by atoms with Crippen molar-refractivity contribution in [2.75, 3.05) is 18.6 Å². The second-order valence-electron chi connectivity index (χ2n) is 3.31. The summed E-state index contributed by atoms with van der Waals surface area (Å²) in [5, 5.41) is 18.1. The van der Waals surface area contributed by atoms with E-state index in [4.69, 9.17) is 10.2 Å². The maximum Gasteiger partial charge on any atom is 0.0717 e. The molecule has 1 aromatic heterocycles. The lowest BCUT2D eigenvalue weighted by molar-refractivity contribution is 0.267. The molecule has 0 aliphatic rings. The van der Waals surface area contributed by atoms with E-state index in [1.54, 1.807) is 12.4 Å². The number of pyridine rings is 1. The number of aliphatic hydroxyl groups excluding tert-OH is 2. The molecular formula is C10H16N2O2. The Bertz CT molecular complexity index is 291. The van der Waals surface area contributed by atoms with Crippen molar-refractivity contribution in [3.63, 3.8) is 0 Å². The first-order valence-electron chi connectivity index (χ1n) is 4.58. The number of anilines is 1. The summed E-state index contributed by atoms with van der Waals surface area (Å²) >= 11 is 0. The highest BCUT2D eigenvalue weighted by Crippen LogP contribution is 2.19. The van der Waals surface area contributed by atoms with Crippen molar-refractivity contribution in [1.82, 2.24) is 4.98 Å². The molecule has 0 saturated heterocycles. The van der Waals surface area contributed by atoms with Crippen LogP contribution in [-0.2, 0) is 6.61 Å². The number of hydrogen-bond donors (Lipinski definition) is 2. The zero-order valence-electron chi connectivity index (χ0n) is 8.51. The van der Waals surface area contributed by atoms with Gasteiger partial charge in [-0.15, -0.1) is 0 Å². The van der Waals surface area contributed by atoms with Crippen molar-refractivity contribution in [1.29, 1.82) is 0 Å². The minimum absolute atomic E-state index is 0.0303. The fourth-order valence-electron chi connectivity index (χ4n) is 1.25. The van der Waals surface area contributed by atoms with Gasteiger partial charge in [0.15, 0.2) is 0 Å². The molecule has 0 radical (unpaired) electrons. The van der Waals surface area contributed by atoms with Gasteiger partial charge < -0.3 is 15.1 Å². The van der Waals surface area contributed by atoms with Crippen molar-refractivity contribution in [2.45, 2.75) is 19.6 Å². The largest absolute Gasteiger partial charge is 0.394 e. The summed E-state index contributed by atoms with van der Waals surface area (Å²) in [6.45, 7) is 1.97. The topological polar surface area (TPSA) is 56.6 Å². The van der Waals surface area contributed by atoms with Crippen LogP contribution in [0.25, 0.3) is 0 Å². The molecule has 0 amide bonds. The Morgan fingerprint density at radius 3 is 2.79 bits per heavy atom. The van der Waals surface area contributed by atoms with Gasteiger partial charge in [-0.25, -0.2) is 0 Å². The second-order valence-corrected chi connectivity index (χ2v) is 3.31. The molecule has 4 heteroatoms. The highest BCUT2D eigenvalue weighted by Gasteiger charge is 2.11. The number of rotatable bonds is 4. The Morgan fingerprint density at radius 1 is 1.50 bits per heavy atom. The van der Waals surface area contributed by atoms with E-state index in [0.29, 0.717) is 0 Å². The molecule has 1 heterocycles. The van der Waals surface area contributed by atoms with Gasteiger partial charge in [-0.2, -0.15) is 0 Å². The Labute approximate surface area is 83.8 Å². The van der Waals surface area contributed by atoms with E-state index in [-0.39, 0.29) is 19.3 Å². The summed E-state index contributed by atoms with van der Waals surface area (Å²) < 4.78 is 0. The first-order chi connectivity index (χ1) is 6.70. The Morgan fingerprint density at radius 2 is 2.21 bits per heavy atom. The van der Waals surface area contributed by atoms with E-state index in [1.807, 2.05) is 24.9 Å². The van der Waals surface area contributed by atoms with Crippen LogP contribution in [0.2, 0.25) is 0 Å². The van der Waals surface area contributed by atoms with Gasteiger partial charge in [0, 0.05) is 36.7 Å². The van der Waals surface area contributed by atoms with Crippen molar-refractivity contribution in [3.8, 4) is 0 Å². The average molecular weight is 196 g/mol. The summed E-state index contributed by atoms with van der Waals surface area (Å²) in [6.07, 6.45) is 3.31. The molecule has 0 saturated carbocycles. The molecule has 0 spiro atoms. The number of aliphatic hydroxyl groups is 2. The van der Waals surface area contributed by atoms with Crippen LogP contribution in [0.1, 0.15) is 12.5 Å². The third kappa shape index (κ3) is 2.21. The standard InChI is InChI=1S/C10H16N2O2/c1-8(6-13)12(2)10-3-4-11-5-9(10)7-14/h3-5,8,13-14H,6-7H2,1-2H3. The van der Waals surface area contributed by atoms with E-state index < -0.39 is 0 Å². The van der Waals surface area contributed by atoms with Gasteiger partial charge in [0.2, 0.25) is 0 Å². The third-order valence-electron chi connectivity index (χ3n) is 2.35. The number of aromatic nitrogens is 1. The normalized spacial score (nSPS) is 12.6.